The number of rotatable bonds is 5. The van der Waals surface area contributed by atoms with E-state index in [-0.39, 0.29) is 11.7 Å². The zero-order chi connectivity index (χ0) is 19.7. The second-order valence-corrected chi connectivity index (χ2v) is 7.57. The van der Waals surface area contributed by atoms with Gasteiger partial charge in [-0.3, -0.25) is 9.36 Å². The Bertz CT molecular complexity index is 1170. The number of nitrogens with zero attached hydrogens (tertiary/aromatic N) is 3. The van der Waals surface area contributed by atoms with E-state index in [0.29, 0.717) is 22.2 Å². The van der Waals surface area contributed by atoms with E-state index < -0.39 is 0 Å². The fourth-order valence-electron chi connectivity index (χ4n) is 2.88. The molecule has 0 saturated heterocycles. The molecule has 4 rings (SSSR count). The molecule has 0 aliphatic carbocycles. The van der Waals surface area contributed by atoms with Crippen molar-refractivity contribution < 1.29 is 9.21 Å². The van der Waals surface area contributed by atoms with E-state index in [0.717, 1.165) is 21.9 Å². The number of hydrogen-bond donors (Lipinski definition) is 1. The van der Waals surface area contributed by atoms with E-state index in [4.69, 9.17) is 16.0 Å². The van der Waals surface area contributed by atoms with E-state index in [9.17, 15) is 4.79 Å². The summed E-state index contributed by atoms with van der Waals surface area (Å²) >= 11 is 7.59. The standard InChI is InChI=1S/C20H17ClN4O2S/c1-12-15(21)4-3-5-17(12)25-9-8-22-20(25)28-11-19(26)24-14-6-7-18-16(10-14)23-13(2)27-18/h3-10H,11H2,1-2H3,(H,24,26). The van der Waals surface area contributed by atoms with Crippen LogP contribution in [0.15, 0.2) is 58.4 Å². The van der Waals surface area contributed by atoms with Gasteiger partial charge in [-0.25, -0.2) is 9.97 Å². The molecule has 0 atom stereocenters. The third-order valence-corrected chi connectivity index (χ3v) is 5.59. The Balaban J connectivity index is 1.45. The lowest BCUT2D eigenvalue weighted by molar-refractivity contribution is -0.113. The highest BCUT2D eigenvalue weighted by Crippen LogP contribution is 2.27. The number of benzene rings is 2. The quantitative estimate of drug-likeness (QED) is 0.466. The van der Waals surface area contributed by atoms with Crippen LogP contribution in [0.25, 0.3) is 16.8 Å². The Morgan fingerprint density at radius 2 is 2.14 bits per heavy atom. The van der Waals surface area contributed by atoms with Crippen molar-refractivity contribution in [2.45, 2.75) is 19.0 Å². The van der Waals surface area contributed by atoms with E-state index in [2.05, 4.69) is 15.3 Å². The van der Waals surface area contributed by atoms with Crippen molar-refractivity contribution in [3.8, 4) is 5.69 Å². The van der Waals surface area contributed by atoms with Gasteiger partial charge in [-0.05, 0) is 42.8 Å². The van der Waals surface area contributed by atoms with Gasteiger partial charge in [-0.2, -0.15) is 0 Å². The fourth-order valence-corrected chi connectivity index (χ4v) is 3.82. The second-order valence-electron chi connectivity index (χ2n) is 6.22. The van der Waals surface area contributed by atoms with Gasteiger partial charge >= 0.3 is 0 Å². The van der Waals surface area contributed by atoms with Crippen molar-refractivity contribution in [3.05, 3.63) is 65.3 Å². The monoisotopic (exact) mass is 412 g/mol. The molecule has 0 aliphatic rings. The van der Waals surface area contributed by atoms with E-state index in [1.807, 2.05) is 35.9 Å². The number of fused-ring (bicyclic) bond motifs is 1. The number of aromatic nitrogens is 3. The number of carbonyl (C=O) groups is 1. The van der Waals surface area contributed by atoms with Gasteiger partial charge in [0, 0.05) is 30.0 Å². The normalized spacial score (nSPS) is 11.1. The highest BCUT2D eigenvalue weighted by molar-refractivity contribution is 7.99. The summed E-state index contributed by atoms with van der Waals surface area (Å²) in [4.78, 5) is 21.0. The van der Waals surface area contributed by atoms with Crippen LogP contribution in [-0.2, 0) is 4.79 Å². The van der Waals surface area contributed by atoms with Crippen LogP contribution in [0.2, 0.25) is 5.02 Å². The Morgan fingerprint density at radius 3 is 3.00 bits per heavy atom. The molecule has 142 valence electrons. The summed E-state index contributed by atoms with van der Waals surface area (Å²) in [5, 5.41) is 4.30. The van der Waals surface area contributed by atoms with Gasteiger partial charge in [0.05, 0.1) is 11.4 Å². The van der Waals surface area contributed by atoms with Crippen molar-refractivity contribution in [3.63, 3.8) is 0 Å². The summed E-state index contributed by atoms with van der Waals surface area (Å²) in [5.74, 6) is 0.700. The number of amides is 1. The number of thioether (sulfide) groups is 1. The average molecular weight is 413 g/mol. The van der Waals surface area contributed by atoms with Gasteiger partial charge in [-0.15, -0.1) is 0 Å². The largest absolute Gasteiger partial charge is 0.441 e. The topological polar surface area (TPSA) is 73.0 Å². The molecule has 2 aromatic heterocycles. The van der Waals surface area contributed by atoms with Crippen molar-refractivity contribution in [1.82, 2.24) is 14.5 Å². The lowest BCUT2D eigenvalue weighted by atomic mass is 10.2. The molecule has 0 aliphatic heterocycles. The van der Waals surface area contributed by atoms with Crippen molar-refractivity contribution in [2.75, 3.05) is 11.1 Å². The van der Waals surface area contributed by atoms with E-state index in [1.54, 1.807) is 31.3 Å². The van der Waals surface area contributed by atoms with Gasteiger partial charge in [-0.1, -0.05) is 29.4 Å². The number of halogens is 1. The molecule has 0 radical (unpaired) electrons. The Hall–Kier alpha value is -2.77. The molecule has 0 bridgehead atoms. The molecule has 6 nitrogen and oxygen atoms in total. The predicted molar refractivity (Wildman–Crippen MR) is 111 cm³/mol. The predicted octanol–water partition coefficient (Wildman–Crippen LogP) is 5.01. The molecular weight excluding hydrogens is 396 g/mol. The third kappa shape index (κ3) is 3.76. The van der Waals surface area contributed by atoms with E-state index in [1.165, 1.54) is 11.8 Å². The Labute approximate surface area is 170 Å². The number of carbonyl (C=O) groups excluding carboxylic acids is 1. The van der Waals surface area contributed by atoms with Crippen molar-refractivity contribution in [1.29, 1.82) is 0 Å². The molecule has 0 spiro atoms. The Morgan fingerprint density at radius 1 is 1.29 bits per heavy atom. The van der Waals surface area contributed by atoms with Crippen LogP contribution in [-0.4, -0.2) is 26.2 Å². The molecule has 1 amide bonds. The van der Waals surface area contributed by atoms with Gasteiger partial charge < -0.3 is 9.73 Å². The average Bonchev–Trinajstić information content (AvgIpc) is 3.27. The maximum atomic E-state index is 12.4. The molecule has 0 unspecified atom stereocenters. The number of imidazole rings is 1. The number of anilines is 1. The van der Waals surface area contributed by atoms with Crippen LogP contribution in [0, 0.1) is 13.8 Å². The van der Waals surface area contributed by atoms with Gasteiger partial charge in [0.1, 0.15) is 5.52 Å². The summed E-state index contributed by atoms with van der Waals surface area (Å²) in [5.41, 5.74) is 4.00. The SMILES string of the molecule is Cc1nc2cc(NC(=O)CSc3nccn3-c3cccc(Cl)c3C)ccc2o1. The number of aryl methyl sites for hydroxylation is 1. The van der Waals surface area contributed by atoms with Gasteiger partial charge in [0.15, 0.2) is 16.6 Å². The van der Waals surface area contributed by atoms with Crippen molar-refractivity contribution in [2.24, 2.45) is 0 Å². The van der Waals surface area contributed by atoms with Gasteiger partial charge in [0.2, 0.25) is 5.91 Å². The molecule has 2 aromatic carbocycles. The van der Waals surface area contributed by atoms with Crippen LogP contribution < -0.4 is 5.32 Å². The first-order valence-electron chi connectivity index (χ1n) is 8.60. The minimum atomic E-state index is -0.123. The first kappa shape index (κ1) is 18.6. The highest BCUT2D eigenvalue weighted by Gasteiger charge is 2.12. The van der Waals surface area contributed by atoms with E-state index >= 15 is 0 Å². The molecule has 8 heteroatoms. The van der Waals surface area contributed by atoms with Crippen LogP contribution in [0.5, 0.6) is 0 Å². The van der Waals surface area contributed by atoms with Crippen LogP contribution in [0.4, 0.5) is 5.69 Å². The lowest BCUT2D eigenvalue weighted by Gasteiger charge is -2.11. The molecule has 28 heavy (non-hydrogen) atoms. The third-order valence-electron chi connectivity index (χ3n) is 4.22. The summed E-state index contributed by atoms with van der Waals surface area (Å²) in [6, 6.07) is 11.1. The fraction of sp³-hybridized carbons (Fsp3) is 0.150. The Kier molecular flexibility index (Phi) is 5.11. The van der Waals surface area contributed by atoms with Crippen LogP contribution >= 0.6 is 23.4 Å². The zero-order valence-electron chi connectivity index (χ0n) is 15.3. The molecule has 2 heterocycles. The molecule has 0 fully saturated rings. The maximum absolute atomic E-state index is 12.4. The molecule has 4 aromatic rings. The van der Waals surface area contributed by atoms with Crippen LogP contribution in [0.1, 0.15) is 11.5 Å². The first-order chi connectivity index (χ1) is 13.5. The lowest BCUT2D eigenvalue weighted by Crippen LogP contribution is -2.14. The summed E-state index contributed by atoms with van der Waals surface area (Å²) in [6.07, 6.45) is 3.57. The molecule has 0 saturated carbocycles. The maximum Gasteiger partial charge on any atom is 0.234 e. The number of nitrogens with one attached hydrogen (secondary N) is 1. The number of oxazole rings is 1. The summed E-state index contributed by atoms with van der Waals surface area (Å²) < 4.78 is 7.38. The number of hydrogen-bond acceptors (Lipinski definition) is 5. The summed E-state index contributed by atoms with van der Waals surface area (Å²) in [7, 11) is 0. The zero-order valence-corrected chi connectivity index (χ0v) is 16.8. The minimum Gasteiger partial charge on any atom is -0.441 e. The van der Waals surface area contributed by atoms with Gasteiger partial charge in [0.25, 0.3) is 0 Å². The minimum absolute atomic E-state index is 0.123. The second kappa shape index (κ2) is 7.69. The van der Waals surface area contributed by atoms with Crippen molar-refractivity contribution >= 4 is 46.1 Å². The first-order valence-corrected chi connectivity index (χ1v) is 9.96. The highest BCUT2D eigenvalue weighted by atomic mass is 35.5. The molecular formula is C20H17ClN4O2S. The smallest absolute Gasteiger partial charge is 0.234 e. The summed E-state index contributed by atoms with van der Waals surface area (Å²) in [6.45, 7) is 3.75. The molecule has 1 N–H and O–H groups in total. The van der Waals surface area contributed by atoms with Crippen LogP contribution in [0.3, 0.4) is 0 Å².